The van der Waals surface area contributed by atoms with Gasteiger partial charge in [0.1, 0.15) is 5.40 Å². The molecule has 0 N–H and O–H groups in total. The third-order valence-electron chi connectivity index (χ3n) is 4.22. The normalized spacial score (nSPS) is 9.88. The summed E-state index contributed by atoms with van der Waals surface area (Å²) in [6.45, 7) is 4.24. The number of thiocyanates is 1. The van der Waals surface area contributed by atoms with Crippen LogP contribution in [0.15, 0.2) is 71.6 Å². The van der Waals surface area contributed by atoms with E-state index in [2.05, 4.69) is 85.7 Å². The van der Waals surface area contributed by atoms with Crippen LogP contribution in [0.4, 0.5) is 0 Å². The molecule has 26 heavy (non-hydrogen) atoms. The number of hydrogen-bond donors (Lipinski definition) is 0. The van der Waals surface area contributed by atoms with E-state index >= 15 is 0 Å². The molecule has 0 heterocycles. The molecule has 0 spiro atoms. The minimum Gasteiger partial charge on any atom is -0.185 e. The van der Waals surface area contributed by atoms with Gasteiger partial charge < -0.3 is 0 Å². The van der Waals surface area contributed by atoms with E-state index in [0.29, 0.717) is 0 Å². The summed E-state index contributed by atoms with van der Waals surface area (Å²) in [7, 11) is 0. The van der Waals surface area contributed by atoms with E-state index in [0.717, 1.165) is 22.4 Å². The fourth-order valence-corrected chi connectivity index (χ4v) is 3.16. The molecule has 126 valence electrons. The SMILES string of the molecule is CCc1cc(C#Cc2ccc(C)cc2)ccc1-c1ccc(SC#N)cc1. The Morgan fingerprint density at radius 3 is 2.15 bits per heavy atom. The zero-order valence-corrected chi connectivity index (χ0v) is 15.7. The third-order valence-corrected chi connectivity index (χ3v) is 4.82. The molecule has 0 aliphatic rings. The summed E-state index contributed by atoms with van der Waals surface area (Å²) in [5.74, 6) is 6.51. The molecule has 0 aliphatic carbocycles. The standard InChI is InChI=1S/C24H19NS/c1-3-21-16-20(9-8-19-6-4-18(2)5-7-19)10-15-24(21)22-11-13-23(14-12-22)26-17-25/h4-7,10-16H,3H2,1-2H3. The van der Waals surface area contributed by atoms with Gasteiger partial charge >= 0.3 is 0 Å². The molecule has 3 aromatic carbocycles. The number of aryl methyl sites for hydroxylation is 2. The van der Waals surface area contributed by atoms with Crippen molar-refractivity contribution in [2.75, 3.05) is 0 Å². The van der Waals surface area contributed by atoms with Crippen LogP contribution in [0.3, 0.4) is 0 Å². The van der Waals surface area contributed by atoms with Crippen LogP contribution in [0, 0.1) is 29.4 Å². The van der Waals surface area contributed by atoms with Crippen LogP contribution >= 0.6 is 11.8 Å². The molecule has 2 heteroatoms. The van der Waals surface area contributed by atoms with Crippen molar-refractivity contribution in [3.8, 4) is 28.4 Å². The number of thioether (sulfide) groups is 1. The fraction of sp³-hybridized carbons (Fsp3) is 0.125. The number of rotatable bonds is 3. The predicted molar refractivity (Wildman–Crippen MR) is 110 cm³/mol. The topological polar surface area (TPSA) is 23.8 Å². The molecule has 0 bridgehead atoms. The van der Waals surface area contributed by atoms with Crippen molar-refractivity contribution >= 4 is 11.8 Å². The van der Waals surface area contributed by atoms with Gasteiger partial charge in [0.05, 0.1) is 0 Å². The van der Waals surface area contributed by atoms with E-state index in [1.807, 2.05) is 12.1 Å². The van der Waals surface area contributed by atoms with Crippen molar-refractivity contribution in [3.05, 3.63) is 89.0 Å². The lowest BCUT2D eigenvalue weighted by Gasteiger charge is -2.09. The number of benzene rings is 3. The average Bonchev–Trinajstić information content (AvgIpc) is 2.68. The molecule has 0 aromatic heterocycles. The molecule has 0 saturated heterocycles. The Balaban J connectivity index is 1.88. The first kappa shape index (κ1) is 17.9. The maximum absolute atomic E-state index is 8.77. The van der Waals surface area contributed by atoms with Crippen molar-refractivity contribution in [2.45, 2.75) is 25.2 Å². The molecular weight excluding hydrogens is 334 g/mol. The van der Waals surface area contributed by atoms with Crippen molar-refractivity contribution in [1.29, 1.82) is 5.26 Å². The molecule has 0 unspecified atom stereocenters. The van der Waals surface area contributed by atoms with Gasteiger partial charge in [-0.1, -0.05) is 54.7 Å². The van der Waals surface area contributed by atoms with E-state index in [-0.39, 0.29) is 0 Å². The second-order valence-corrected chi connectivity index (χ2v) is 6.92. The molecule has 0 aliphatic heterocycles. The molecule has 0 saturated carbocycles. The Hall–Kier alpha value is -2.94. The number of nitriles is 1. The highest BCUT2D eigenvalue weighted by molar-refractivity contribution is 8.03. The molecule has 0 fully saturated rings. The summed E-state index contributed by atoms with van der Waals surface area (Å²) < 4.78 is 0. The first-order chi connectivity index (χ1) is 12.7. The minimum absolute atomic E-state index is 0.948. The summed E-state index contributed by atoms with van der Waals surface area (Å²) in [6.07, 6.45) is 0.948. The van der Waals surface area contributed by atoms with Crippen molar-refractivity contribution in [1.82, 2.24) is 0 Å². The summed E-state index contributed by atoms with van der Waals surface area (Å²) in [6, 6.07) is 22.8. The first-order valence-corrected chi connectivity index (χ1v) is 9.39. The smallest absolute Gasteiger partial charge is 0.138 e. The highest BCUT2D eigenvalue weighted by Crippen LogP contribution is 2.27. The summed E-state index contributed by atoms with van der Waals surface area (Å²) in [5, 5.41) is 10.9. The second-order valence-electron chi connectivity index (χ2n) is 6.06. The molecule has 0 radical (unpaired) electrons. The van der Waals surface area contributed by atoms with Crippen LogP contribution in [0.2, 0.25) is 0 Å². The zero-order valence-electron chi connectivity index (χ0n) is 14.9. The van der Waals surface area contributed by atoms with Crippen molar-refractivity contribution in [2.24, 2.45) is 0 Å². The number of hydrogen-bond acceptors (Lipinski definition) is 2. The second kappa shape index (κ2) is 8.43. The molecule has 0 amide bonds. The summed E-state index contributed by atoms with van der Waals surface area (Å²) >= 11 is 1.18. The maximum atomic E-state index is 8.77. The van der Waals surface area contributed by atoms with Gasteiger partial charge in [-0.3, -0.25) is 0 Å². The van der Waals surface area contributed by atoms with Gasteiger partial charge in [0.2, 0.25) is 0 Å². The first-order valence-electron chi connectivity index (χ1n) is 8.57. The van der Waals surface area contributed by atoms with Gasteiger partial charge in [-0.05, 0) is 78.2 Å². The molecule has 1 nitrogen and oxygen atoms in total. The van der Waals surface area contributed by atoms with Gasteiger partial charge in [-0.25, -0.2) is 0 Å². The Morgan fingerprint density at radius 1 is 0.846 bits per heavy atom. The van der Waals surface area contributed by atoms with Gasteiger partial charge in [0, 0.05) is 16.0 Å². The Bertz CT molecular complexity index is 997. The quantitative estimate of drug-likeness (QED) is 0.318. The van der Waals surface area contributed by atoms with Gasteiger partial charge in [-0.2, -0.15) is 5.26 Å². The van der Waals surface area contributed by atoms with E-state index in [4.69, 9.17) is 5.26 Å². The Morgan fingerprint density at radius 2 is 1.50 bits per heavy atom. The fourth-order valence-electron chi connectivity index (χ4n) is 2.78. The Kier molecular flexibility index (Phi) is 5.80. The van der Waals surface area contributed by atoms with Crippen LogP contribution in [0.5, 0.6) is 0 Å². The largest absolute Gasteiger partial charge is 0.185 e. The van der Waals surface area contributed by atoms with Gasteiger partial charge in [0.15, 0.2) is 0 Å². The summed E-state index contributed by atoms with van der Waals surface area (Å²) in [5.41, 5.74) is 6.98. The van der Waals surface area contributed by atoms with E-state index < -0.39 is 0 Å². The van der Waals surface area contributed by atoms with E-state index in [1.54, 1.807) is 0 Å². The Labute approximate surface area is 159 Å². The van der Waals surface area contributed by atoms with Gasteiger partial charge in [0.25, 0.3) is 0 Å². The van der Waals surface area contributed by atoms with Crippen molar-refractivity contribution < 1.29 is 0 Å². The van der Waals surface area contributed by atoms with Crippen LogP contribution in [0.1, 0.15) is 29.2 Å². The lowest BCUT2D eigenvalue weighted by Crippen LogP contribution is -1.90. The van der Waals surface area contributed by atoms with E-state index in [9.17, 15) is 0 Å². The van der Waals surface area contributed by atoms with Crippen LogP contribution in [0.25, 0.3) is 11.1 Å². The lowest BCUT2D eigenvalue weighted by molar-refractivity contribution is 1.14. The highest BCUT2D eigenvalue weighted by atomic mass is 32.2. The molecule has 3 rings (SSSR count). The molecule has 0 atom stereocenters. The van der Waals surface area contributed by atoms with E-state index in [1.165, 1.54) is 34.0 Å². The number of nitrogens with zero attached hydrogens (tertiary/aromatic N) is 1. The lowest BCUT2D eigenvalue weighted by atomic mass is 9.96. The van der Waals surface area contributed by atoms with Crippen molar-refractivity contribution in [3.63, 3.8) is 0 Å². The maximum Gasteiger partial charge on any atom is 0.138 e. The minimum atomic E-state index is 0.948. The highest BCUT2D eigenvalue weighted by Gasteiger charge is 2.05. The summed E-state index contributed by atoms with van der Waals surface area (Å²) in [4.78, 5) is 0.967. The van der Waals surface area contributed by atoms with Gasteiger partial charge in [-0.15, -0.1) is 0 Å². The average molecular weight is 353 g/mol. The predicted octanol–water partition coefficient (Wildman–Crippen LogP) is 6.20. The van der Waals surface area contributed by atoms with Crippen LogP contribution in [-0.4, -0.2) is 0 Å². The molecular formula is C24H19NS. The molecule has 3 aromatic rings. The third kappa shape index (κ3) is 4.37. The van der Waals surface area contributed by atoms with Crippen LogP contribution < -0.4 is 0 Å². The van der Waals surface area contributed by atoms with Crippen LogP contribution in [-0.2, 0) is 6.42 Å². The zero-order chi connectivity index (χ0) is 18.4. The monoisotopic (exact) mass is 353 g/mol.